The minimum Gasteiger partial charge on any atom is -0.0625 e. The normalized spacial score (nSPS) is 42.4. The molecular weight excluding hydrogens is 276 g/mol. The van der Waals surface area contributed by atoms with Crippen LogP contribution in [0.5, 0.6) is 0 Å². The smallest absolute Gasteiger partial charge is 0.0357 e. The van der Waals surface area contributed by atoms with Gasteiger partial charge in [-0.3, -0.25) is 0 Å². The highest BCUT2D eigenvalue weighted by Crippen LogP contribution is 2.48. The van der Waals surface area contributed by atoms with Gasteiger partial charge in [0.2, 0.25) is 0 Å². The van der Waals surface area contributed by atoms with Gasteiger partial charge in [0.15, 0.2) is 0 Å². The molecule has 3 aliphatic rings. The Bertz CT molecular complexity index is 346. The maximum atomic E-state index is 2.56. The molecule has 3 fully saturated rings. The summed E-state index contributed by atoms with van der Waals surface area (Å²) in [5.74, 6) is 7.38. The minimum absolute atomic E-state index is 0.985. The molecule has 0 aliphatic heterocycles. The average molecular weight is 319 g/mol. The summed E-state index contributed by atoms with van der Waals surface area (Å²) in [4.78, 5) is 0. The van der Waals surface area contributed by atoms with Gasteiger partial charge in [0.05, 0.1) is 0 Å². The monoisotopic (exact) mass is 318 g/mol. The predicted molar refractivity (Wildman–Crippen MR) is 101 cm³/mol. The van der Waals surface area contributed by atoms with E-state index < -0.39 is 0 Å². The summed E-state index contributed by atoms with van der Waals surface area (Å²) in [5, 5.41) is 0. The molecule has 3 rings (SSSR count). The molecule has 0 aromatic heterocycles. The molecule has 134 valence electrons. The van der Waals surface area contributed by atoms with Crippen LogP contribution in [0, 0.1) is 41.4 Å². The standard InChI is InChI=1S/C23H42/c1-17(7-6-9-20-12-11-18(2)15-19(20)3)16-22-14-13-21-8-4-5-10-23(21)22/h17-23H,4-16H2,1-3H3/t17?,18?,19-,20+,21?,22?,23?/m0/s1. The largest absolute Gasteiger partial charge is 0.0625 e. The molecule has 0 radical (unpaired) electrons. The van der Waals surface area contributed by atoms with Crippen molar-refractivity contribution in [2.75, 3.05) is 0 Å². The molecular formula is C23H42. The van der Waals surface area contributed by atoms with Crippen LogP contribution in [-0.2, 0) is 0 Å². The van der Waals surface area contributed by atoms with Gasteiger partial charge in [0.25, 0.3) is 0 Å². The van der Waals surface area contributed by atoms with E-state index in [-0.39, 0.29) is 0 Å². The second-order valence-corrected chi connectivity index (χ2v) is 9.97. The SMILES string of the molecule is CC(CCC[C@@H]1CCC(C)C[C@@H]1C)CC1CCC2CCCCC21. The maximum absolute atomic E-state index is 2.56. The topological polar surface area (TPSA) is 0 Å². The zero-order chi connectivity index (χ0) is 16.2. The number of hydrogen-bond acceptors (Lipinski definition) is 0. The number of fused-ring (bicyclic) bond motifs is 1. The van der Waals surface area contributed by atoms with Crippen molar-refractivity contribution in [1.82, 2.24) is 0 Å². The van der Waals surface area contributed by atoms with Gasteiger partial charge < -0.3 is 0 Å². The second kappa shape index (κ2) is 8.39. The lowest BCUT2D eigenvalue weighted by Gasteiger charge is -2.33. The van der Waals surface area contributed by atoms with Gasteiger partial charge in [-0.05, 0) is 80.0 Å². The van der Waals surface area contributed by atoms with E-state index >= 15 is 0 Å². The zero-order valence-electron chi connectivity index (χ0n) is 16.2. The van der Waals surface area contributed by atoms with Crippen LogP contribution in [0.25, 0.3) is 0 Å². The van der Waals surface area contributed by atoms with Gasteiger partial charge in [0, 0.05) is 0 Å². The fourth-order valence-electron chi connectivity index (χ4n) is 6.67. The highest BCUT2D eigenvalue weighted by Gasteiger charge is 2.37. The molecule has 0 amide bonds. The van der Waals surface area contributed by atoms with Gasteiger partial charge >= 0.3 is 0 Å². The van der Waals surface area contributed by atoms with Crippen molar-refractivity contribution in [1.29, 1.82) is 0 Å². The second-order valence-electron chi connectivity index (χ2n) is 9.97. The van der Waals surface area contributed by atoms with Crippen molar-refractivity contribution in [2.24, 2.45) is 41.4 Å². The number of rotatable bonds is 6. The Balaban J connectivity index is 1.34. The third kappa shape index (κ3) is 4.76. The molecule has 0 nitrogen and oxygen atoms in total. The molecule has 0 saturated heterocycles. The van der Waals surface area contributed by atoms with E-state index in [0.717, 1.165) is 41.4 Å². The summed E-state index contributed by atoms with van der Waals surface area (Å²) in [6.07, 6.45) is 19.9. The number of hydrogen-bond donors (Lipinski definition) is 0. The van der Waals surface area contributed by atoms with Crippen molar-refractivity contribution >= 4 is 0 Å². The maximum Gasteiger partial charge on any atom is -0.0357 e. The van der Waals surface area contributed by atoms with Crippen LogP contribution < -0.4 is 0 Å². The summed E-state index contributed by atoms with van der Waals surface area (Å²) < 4.78 is 0. The van der Waals surface area contributed by atoms with E-state index in [1.165, 1.54) is 51.4 Å². The molecule has 0 heteroatoms. The van der Waals surface area contributed by atoms with Gasteiger partial charge in [-0.25, -0.2) is 0 Å². The summed E-state index contributed by atoms with van der Waals surface area (Å²) >= 11 is 0. The Morgan fingerprint density at radius 2 is 1.65 bits per heavy atom. The quantitative estimate of drug-likeness (QED) is 0.476. The van der Waals surface area contributed by atoms with E-state index in [4.69, 9.17) is 0 Å². The highest BCUT2D eigenvalue weighted by molar-refractivity contribution is 4.88. The fourth-order valence-corrected chi connectivity index (χ4v) is 6.67. The van der Waals surface area contributed by atoms with Crippen molar-refractivity contribution in [2.45, 2.75) is 104 Å². The molecule has 3 saturated carbocycles. The molecule has 0 aromatic carbocycles. The molecule has 23 heavy (non-hydrogen) atoms. The van der Waals surface area contributed by atoms with Crippen LogP contribution >= 0.6 is 0 Å². The molecule has 0 heterocycles. The summed E-state index contributed by atoms with van der Waals surface area (Å²) in [6, 6.07) is 0. The fraction of sp³-hybridized carbons (Fsp3) is 1.00. The first-order valence-electron chi connectivity index (χ1n) is 11.1. The van der Waals surface area contributed by atoms with Crippen molar-refractivity contribution < 1.29 is 0 Å². The van der Waals surface area contributed by atoms with Crippen molar-refractivity contribution in [3.05, 3.63) is 0 Å². The van der Waals surface area contributed by atoms with Gasteiger partial charge in [-0.2, -0.15) is 0 Å². The Kier molecular flexibility index (Phi) is 6.50. The molecule has 0 bridgehead atoms. The van der Waals surface area contributed by atoms with Crippen molar-refractivity contribution in [3.63, 3.8) is 0 Å². The van der Waals surface area contributed by atoms with Gasteiger partial charge in [-0.1, -0.05) is 65.7 Å². The molecule has 0 N–H and O–H groups in total. The first-order valence-corrected chi connectivity index (χ1v) is 11.1. The summed E-state index contributed by atoms with van der Waals surface area (Å²) in [5.41, 5.74) is 0. The zero-order valence-corrected chi connectivity index (χ0v) is 16.2. The van der Waals surface area contributed by atoms with E-state index in [1.807, 2.05) is 0 Å². The van der Waals surface area contributed by atoms with Crippen LogP contribution in [0.1, 0.15) is 104 Å². The van der Waals surface area contributed by atoms with E-state index in [0.29, 0.717) is 0 Å². The lowest BCUT2D eigenvalue weighted by molar-refractivity contribution is 0.182. The highest BCUT2D eigenvalue weighted by atomic mass is 14.4. The average Bonchev–Trinajstić information content (AvgIpc) is 2.93. The first-order chi connectivity index (χ1) is 11.1. The molecule has 7 atom stereocenters. The molecule has 0 spiro atoms. The molecule has 3 aliphatic carbocycles. The van der Waals surface area contributed by atoms with Crippen LogP contribution in [0.3, 0.4) is 0 Å². The summed E-state index contributed by atoms with van der Waals surface area (Å²) in [7, 11) is 0. The van der Waals surface area contributed by atoms with Crippen LogP contribution in [-0.4, -0.2) is 0 Å². The lowest BCUT2D eigenvalue weighted by Crippen LogP contribution is -2.22. The van der Waals surface area contributed by atoms with Crippen LogP contribution in [0.15, 0.2) is 0 Å². The Morgan fingerprint density at radius 3 is 2.48 bits per heavy atom. The molecule has 5 unspecified atom stereocenters. The lowest BCUT2D eigenvalue weighted by atomic mass is 9.73. The van der Waals surface area contributed by atoms with E-state index in [2.05, 4.69) is 20.8 Å². The first kappa shape index (κ1) is 17.8. The van der Waals surface area contributed by atoms with E-state index in [9.17, 15) is 0 Å². The third-order valence-corrected chi connectivity index (χ3v) is 8.07. The molecule has 0 aromatic rings. The Labute approximate surface area is 146 Å². The Hall–Kier alpha value is 0. The van der Waals surface area contributed by atoms with Crippen molar-refractivity contribution in [3.8, 4) is 0 Å². The van der Waals surface area contributed by atoms with Gasteiger partial charge in [0.1, 0.15) is 0 Å². The third-order valence-electron chi connectivity index (χ3n) is 8.07. The minimum atomic E-state index is 0.985. The van der Waals surface area contributed by atoms with Crippen LogP contribution in [0.2, 0.25) is 0 Å². The Morgan fingerprint density at radius 1 is 0.870 bits per heavy atom. The summed E-state index contributed by atoms with van der Waals surface area (Å²) in [6.45, 7) is 7.53. The van der Waals surface area contributed by atoms with E-state index in [1.54, 1.807) is 32.1 Å². The van der Waals surface area contributed by atoms with Crippen LogP contribution in [0.4, 0.5) is 0 Å². The van der Waals surface area contributed by atoms with Gasteiger partial charge in [-0.15, -0.1) is 0 Å². The predicted octanol–water partition coefficient (Wildman–Crippen LogP) is 7.47.